The fraction of sp³-hybridized carbons (Fsp3) is 0.556. The molecule has 0 N–H and O–H groups in total. The minimum atomic E-state index is -0.386. The Balaban J connectivity index is 2.09. The zero-order chi connectivity index (χ0) is 9.97. The summed E-state index contributed by atoms with van der Waals surface area (Å²) in [5, 5.41) is 0. The van der Waals surface area contributed by atoms with Gasteiger partial charge in [0.15, 0.2) is 5.82 Å². The van der Waals surface area contributed by atoms with Crippen LogP contribution in [0.4, 0.5) is 10.3 Å². The first-order valence-electron chi connectivity index (χ1n) is 4.55. The Morgan fingerprint density at radius 1 is 1.50 bits per heavy atom. The quantitative estimate of drug-likeness (QED) is 0.745. The molecule has 0 radical (unpaired) electrons. The summed E-state index contributed by atoms with van der Waals surface area (Å²) >= 11 is 1.94. The second-order valence-electron chi connectivity index (χ2n) is 3.33. The van der Waals surface area contributed by atoms with Crippen LogP contribution < -0.4 is 4.90 Å². The fourth-order valence-corrected chi connectivity index (χ4v) is 2.75. The van der Waals surface area contributed by atoms with Crippen LogP contribution in [0, 0.1) is 5.82 Å². The maximum absolute atomic E-state index is 12.6. The highest BCUT2D eigenvalue weighted by Gasteiger charge is 2.21. The van der Waals surface area contributed by atoms with Gasteiger partial charge in [-0.1, -0.05) is 0 Å². The van der Waals surface area contributed by atoms with Crippen molar-refractivity contribution < 1.29 is 4.39 Å². The van der Waals surface area contributed by atoms with Crippen LogP contribution in [-0.4, -0.2) is 34.6 Å². The third-order valence-electron chi connectivity index (χ3n) is 2.38. The molecule has 2 heterocycles. The van der Waals surface area contributed by atoms with Crippen molar-refractivity contribution in [3.05, 3.63) is 18.2 Å². The van der Waals surface area contributed by atoms with Gasteiger partial charge >= 0.3 is 0 Å². The molecule has 76 valence electrons. The predicted octanol–water partition coefficient (Wildman–Crippen LogP) is 1.56. The molecule has 1 unspecified atom stereocenters. The Morgan fingerprint density at radius 2 is 2.21 bits per heavy atom. The smallest absolute Gasteiger partial charge is 0.225 e. The highest BCUT2D eigenvalue weighted by Crippen LogP contribution is 2.23. The molecular weight excluding hydrogens is 201 g/mol. The van der Waals surface area contributed by atoms with Gasteiger partial charge in [-0.3, -0.25) is 0 Å². The van der Waals surface area contributed by atoms with E-state index in [1.807, 2.05) is 23.7 Å². The average molecular weight is 213 g/mol. The molecule has 0 aromatic carbocycles. The number of halogens is 1. The van der Waals surface area contributed by atoms with Crippen molar-refractivity contribution in [1.82, 2.24) is 9.97 Å². The largest absolute Gasteiger partial charge is 0.340 e. The van der Waals surface area contributed by atoms with Crippen molar-refractivity contribution in [2.45, 2.75) is 12.5 Å². The molecule has 0 aliphatic carbocycles. The van der Waals surface area contributed by atoms with Crippen LogP contribution in [0.25, 0.3) is 0 Å². The molecule has 2 rings (SSSR count). The molecule has 1 aromatic heterocycles. The summed E-state index contributed by atoms with van der Waals surface area (Å²) in [6, 6.07) is 0.491. The predicted molar refractivity (Wildman–Crippen MR) is 56.1 cm³/mol. The van der Waals surface area contributed by atoms with Gasteiger partial charge in [-0.25, -0.2) is 14.4 Å². The van der Waals surface area contributed by atoms with Crippen LogP contribution in [0.15, 0.2) is 12.4 Å². The number of anilines is 1. The summed E-state index contributed by atoms with van der Waals surface area (Å²) < 4.78 is 12.6. The van der Waals surface area contributed by atoms with Gasteiger partial charge in [-0.05, 0) is 12.2 Å². The number of thioether (sulfide) groups is 1. The lowest BCUT2D eigenvalue weighted by Gasteiger charge is -2.23. The van der Waals surface area contributed by atoms with E-state index in [2.05, 4.69) is 9.97 Å². The normalized spacial score (nSPS) is 21.1. The number of aromatic nitrogens is 2. The van der Waals surface area contributed by atoms with Crippen LogP contribution in [-0.2, 0) is 0 Å². The molecule has 1 saturated heterocycles. The standard InChI is InChI=1S/C9H12FN3S/c1-13(8-2-3-14-6-8)9-11-4-7(10)5-12-9/h4-5,8H,2-3,6H2,1H3. The third kappa shape index (κ3) is 1.97. The average Bonchev–Trinajstić information content (AvgIpc) is 2.71. The number of hydrogen-bond donors (Lipinski definition) is 0. The molecule has 3 nitrogen and oxygen atoms in total. The number of nitrogens with zero attached hydrogens (tertiary/aromatic N) is 3. The molecule has 0 spiro atoms. The van der Waals surface area contributed by atoms with Crippen molar-refractivity contribution in [3.63, 3.8) is 0 Å². The van der Waals surface area contributed by atoms with Crippen LogP contribution in [0.3, 0.4) is 0 Å². The van der Waals surface area contributed by atoms with Gasteiger partial charge in [0.1, 0.15) is 0 Å². The highest BCUT2D eigenvalue weighted by atomic mass is 32.2. The first kappa shape index (κ1) is 9.71. The van der Waals surface area contributed by atoms with E-state index in [4.69, 9.17) is 0 Å². The Hall–Kier alpha value is -0.840. The maximum Gasteiger partial charge on any atom is 0.225 e. The van der Waals surface area contributed by atoms with E-state index >= 15 is 0 Å². The van der Waals surface area contributed by atoms with Gasteiger partial charge in [-0.2, -0.15) is 11.8 Å². The van der Waals surface area contributed by atoms with Crippen molar-refractivity contribution in [2.24, 2.45) is 0 Å². The van der Waals surface area contributed by atoms with Crippen LogP contribution >= 0.6 is 11.8 Å². The second kappa shape index (κ2) is 4.13. The Kier molecular flexibility index (Phi) is 2.86. The van der Waals surface area contributed by atoms with Crippen molar-refractivity contribution in [2.75, 3.05) is 23.5 Å². The molecular formula is C9H12FN3S. The van der Waals surface area contributed by atoms with Crippen molar-refractivity contribution in [1.29, 1.82) is 0 Å². The van der Waals surface area contributed by atoms with E-state index in [0.717, 1.165) is 12.2 Å². The monoisotopic (exact) mass is 213 g/mol. The highest BCUT2D eigenvalue weighted by molar-refractivity contribution is 7.99. The molecule has 1 aliphatic rings. The lowest BCUT2D eigenvalue weighted by molar-refractivity contribution is 0.607. The molecule has 1 aromatic rings. The van der Waals surface area contributed by atoms with E-state index in [0.29, 0.717) is 12.0 Å². The number of rotatable bonds is 2. The van der Waals surface area contributed by atoms with Gasteiger partial charge in [0.25, 0.3) is 0 Å². The van der Waals surface area contributed by atoms with E-state index in [-0.39, 0.29) is 5.82 Å². The maximum atomic E-state index is 12.6. The summed E-state index contributed by atoms with van der Waals surface area (Å²) in [6.07, 6.45) is 3.57. The third-order valence-corrected chi connectivity index (χ3v) is 3.52. The van der Waals surface area contributed by atoms with Crippen LogP contribution in [0.2, 0.25) is 0 Å². The zero-order valence-corrected chi connectivity index (χ0v) is 8.80. The summed E-state index contributed by atoms with van der Waals surface area (Å²) in [5.41, 5.74) is 0. The first-order valence-corrected chi connectivity index (χ1v) is 5.71. The molecule has 5 heteroatoms. The van der Waals surface area contributed by atoms with Gasteiger partial charge in [0.05, 0.1) is 12.4 Å². The summed E-state index contributed by atoms with van der Waals surface area (Å²) in [7, 11) is 1.96. The molecule has 0 amide bonds. The van der Waals surface area contributed by atoms with Crippen molar-refractivity contribution >= 4 is 17.7 Å². The van der Waals surface area contributed by atoms with Gasteiger partial charge in [-0.15, -0.1) is 0 Å². The van der Waals surface area contributed by atoms with Crippen LogP contribution in [0.1, 0.15) is 6.42 Å². The van der Waals surface area contributed by atoms with Gasteiger partial charge in [0.2, 0.25) is 5.95 Å². The topological polar surface area (TPSA) is 29.0 Å². The van der Waals surface area contributed by atoms with E-state index in [1.54, 1.807) is 0 Å². The van der Waals surface area contributed by atoms with Crippen LogP contribution in [0.5, 0.6) is 0 Å². The second-order valence-corrected chi connectivity index (χ2v) is 4.48. The van der Waals surface area contributed by atoms with E-state index in [1.165, 1.54) is 18.1 Å². The van der Waals surface area contributed by atoms with E-state index < -0.39 is 0 Å². The molecule has 1 aliphatic heterocycles. The van der Waals surface area contributed by atoms with Crippen molar-refractivity contribution in [3.8, 4) is 0 Å². The van der Waals surface area contributed by atoms with Gasteiger partial charge < -0.3 is 4.90 Å². The zero-order valence-electron chi connectivity index (χ0n) is 7.98. The lowest BCUT2D eigenvalue weighted by atomic mass is 10.2. The molecule has 1 fully saturated rings. The van der Waals surface area contributed by atoms with Gasteiger partial charge in [0, 0.05) is 18.8 Å². The number of hydrogen-bond acceptors (Lipinski definition) is 4. The SMILES string of the molecule is CN(c1ncc(F)cn1)C1CCSC1. The minimum absolute atomic E-state index is 0.386. The first-order chi connectivity index (χ1) is 6.77. The summed E-state index contributed by atoms with van der Waals surface area (Å²) in [4.78, 5) is 9.93. The minimum Gasteiger partial charge on any atom is -0.340 e. The molecule has 14 heavy (non-hydrogen) atoms. The Morgan fingerprint density at radius 3 is 2.79 bits per heavy atom. The molecule has 1 atom stereocenters. The fourth-order valence-electron chi connectivity index (χ4n) is 1.48. The van der Waals surface area contributed by atoms with E-state index in [9.17, 15) is 4.39 Å². The molecule has 0 saturated carbocycles. The Labute approximate surface area is 86.7 Å². The summed E-state index contributed by atoms with van der Waals surface area (Å²) in [5.74, 6) is 2.52. The lowest BCUT2D eigenvalue weighted by Crippen LogP contribution is -2.32. The summed E-state index contributed by atoms with van der Waals surface area (Å²) in [6.45, 7) is 0. The molecule has 0 bridgehead atoms. The Bertz CT molecular complexity index is 297.